The van der Waals surface area contributed by atoms with Crippen molar-refractivity contribution in [3.8, 4) is 0 Å². The average Bonchev–Trinajstić information content (AvgIpc) is 2.77. The lowest BCUT2D eigenvalue weighted by Gasteiger charge is -2.20. The van der Waals surface area contributed by atoms with Crippen LogP contribution in [0.15, 0.2) is 16.7 Å². The summed E-state index contributed by atoms with van der Waals surface area (Å²) in [5.41, 5.74) is 1.16. The van der Waals surface area contributed by atoms with Gasteiger partial charge in [0.1, 0.15) is 11.5 Å². The number of rotatable bonds is 3. The van der Waals surface area contributed by atoms with Crippen molar-refractivity contribution in [2.75, 3.05) is 18.4 Å². The quantitative estimate of drug-likeness (QED) is 0.937. The van der Waals surface area contributed by atoms with Gasteiger partial charge < -0.3 is 14.7 Å². The Labute approximate surface area is 135 Å². The number of likely N-dealkylation sites (tertiary alicyclic amines) is 1. The largest absolute Gasteiger partial charge is 0.360 e. The highest BCUT2D eigenvalue weighted by Crippen LogP contribution is 2.16. The molecule has 0 atom stereocenters. The van der Waals surface area contributed by atoms with Gasteiger partial charge in [-0.25, -0.2) is 9.97 Å². The summed E-state index contributed by atoms with van der Waals surface area (Å²) >= 11 is 0. The van der Waals surface area contributed by atoms with E-state index in [1.165, 1.54) is 12.8 Å². The molecule has 7 heteroatoms. The number of nitrogens with one attached hydrogen (secondary N) is 1. The molecule has 122 valence electrons. The summed E-state index contributed by atoms with van der Waals surface area (Å²) in [6, 6.07) is 3.48. The number of hydrogen-bond donors (Lipinski definition) is 1. The molecule has 0 bridgehead atoms. The van der Waals surface area contributed by atoms with E-state index in [4.69, 9.17) is 4.52 Å². The first-order valence-electron chi connectivity index (χ1n) is 7.97. The van der Waals surface area contributed by atoms with Crippen LogP contribution in [-0.2, 0) is 0 Å². The van der Waals surface area contributed by atoms with Crippen molar-refractivity contribution in [2.45, 2.75) is 39.5 Å². The molecular formula is C16H21N5O2. The summed E-state index contributed by atoms with van der Waals surface area (Å²) in [5.74, 6) is 1.55. The summed E-state index contributed by atoms with van der Waals surface area (Å²) in [5, 5.41) is 6.83. The van der Waals surface area contributed by atoms with Crippen LogP contribution in [0.1, 0.15) is 47.6 Å². The number of aryl methyl sites for hydroxylation is 2. The fourth-order valence-corrected chi connectivity index (χ4v) is 2.71. The zero-order valence-corrected chi connectivity index (χ0v) is 13.5. The van der Waals surface area contributed by atoms with Crippen molar-refractivity contribution in [3.63, 3.8) is 0 Å². The Balaban J connectivity index is 1.80. The van der Waals surface area contributed by atoms with Crippen LogP contribution in [0.5, 0.6) is 0 Å². The molecule has 1 amide bonds. The maximum atomic E-state index is 12.7. The summed E-state index contributed by atoms with van der Waals surface area (Å²) in [6.45, 7) is 5.25. The number of nitrogens with zero attached hydrogens (tertiary/aromatic N) is 4. The summed E-state index contributed by atoms with van der Waals surface area (Å²) in [7, 11) is 0. The van der Waals surface area contributed by atoms with E-state index in [2.05, 4.69) is 20.4 Å². The number of carbonyl (C=O) groups is 1. The zero-order chi connectivity index (χ0) is 16.2. The van der Waals surface area contributed by atoms with Gasteiger partial charge in [0, 0.05) is 24.8 Å². The fraction of sp³-hybridized carbons (Fsp3) is 0.500. The molecule has 0 aliphatic carbocycles. The van der Waals surface area contributed by atoms with Crippen LogP contribution in [0.3, 0.4) is 0 Å². The van der Waals surface area contributed by atoms with E-state index < -0.39 is 0 Å². The smallest absolute Gasteiger partial charge is 0.272 e. The molecule has 1 aliphatic rings. The van der Waals surface area contributed by atoms with Crippen molar-refractivity contribution in [3.05, 3.63) is 29.3 Å². The van der Waals surface area contributed by atoms with Crippen LogP contribution in [0.4, 0.5) is 11.8 Å². The molecule has 3 heterocycles. The molecule has 3 rings (SSSR count). The SMILES string of the molecule is Cc1cc(C(=O)N2CCCCCC2)nc(Nc2cc(C)on2)n1. The molecule has 1 N–H and O–H groups in total. The lowest BCUT2D eigenvalue weighted by molar-refractivity contribution is 0.0755. The van der Waals surface area contributed by atoms with Crippen molar-refractivity contribution < 1.29 is 9.32 Å². The highest BCUT2D eigenvalue weighted by Gasteiger charge is 2.19. The van der Waals surface area contributed by atoms with Gasteiger partial charge in [-0.3, -0.25) is 4.79 Å². The van der Waals surface area contributed by atoms with Gasteiger partial charge in [-0.05, 0) is 32.8 Å². The Hall–Kier alpha value is -2.44. The minimum Gasteiger partial charge on any atom is -0.360 e. The standard InChI is InChI=1S/C16H21N5O2/c1-11-9-13(15(22)21-7-5-3-4-6-8-21)18-16(17-11)19-14-10-12(2)23-20-14/h9-10H,3-8H2,1-2H3,(H,17,18,19,20). The molecule has 0 aromatic carbocycles. The molecule has 2 aromatic heterocycles. The maximum absolute atomic E-state index is 12.7. The molecule has 7 nitrogen and oxygen atoms in total. The minimum atomic E-state index is -0.0308. The van der Waals surface area contributed by atoms with Crippen LogP contribution >= 0.6 is 0 Å². The van der Waals surface area contributed by atoms with Gasteiger partial charge in [-0.2, -0.15) is 0 Å². The van der Waals surface area contributed by atoms with E-state index >= 15 is 0 Å². The van der Waals surface area contributed by atoms with Crippen LogP contribution < -0.4 is 5.32 Å². The Morgan fingerprint density at radius 3 is 2.52 bits per heavy atom. The molecule has 0 saturated carbocycles. The predicted octanol–water partition coefficient (Wildman–Crippen LogP) is 2.84. The predicted molar refractivity (Wildman–Crippen MR) is 85.7 cm³/mol. The number of hydrogen-bond acceptors (Lipinski definition) is 6. The highest BCUT2D eigenvalue weighted by atomic mass is 16.5. The van der Waals surface area contributed by atoms with E-state index in [9.17, 15) is 4.79 Å². The van der Waals surface area contributed by atoms with E-state index in [0.29, 0.717) is 23.2 Å². The molecule has 1 saturated heterocycles. The number of carbonyl (C=O) groups excluding carboxylic acids is 1. The molecule has 1 fully saturated rings. The highest BCUT2D eigenvalue weighted by molar-refractivity contribution is 5.92. The normalized spacial score (nSPS) is 15.3. The summed E-state index contributed by atoms with van der Waals surface area (Å²) in [6.07, 6.45) is 4.48. The van der Waals surface area contributed by atoms with Gasteiger partial charge in [0.2, 0.25) is 5.95 Å². The first kappa shape index (κ1) is 15.5. The van der Waals surface area contributed by atoms with Gasteiger partial charge in [-0.15, -0.1) is 0 Å². The van der Waals surface area contributed by atoms with Crippen LogP contribution in [-0.4, -0.2) is 39.0 Å². The molecule has 1 aliphatic heterocycles. The lowest BCUT2D eigenvalue weighted by atomic mass is 10.2. The van der Waals surface area contributed by atoms with E-state index in [-0.39, 0.29) is 5.91 Å². The van der Waals surface area contributed by atoms with Crippen molar-refractivity contribution in [1.29, 1.82) is 0 Å². The monoisotopic (exact) mass is 315 g/mol. The van der Waals surface area contributed by atoms with E-state index in [1.807, 2.05) is 18.7 Å². The van der Waals surface area contributed by atoms with Crippen molar-refractivity contribution >= 4 is 17.7 Å². The Kier molecular flexibility index (Phi) is 4.55. The molecule has 2 aromatic rings. The molecule has 0 radical (unpaired) electrons. The maximum Gasteiger partial charge on any atom is 0.272 e. The number of aromatic nitrogens is 3. The van der Waals surface area contributed by atoms with Crippen LogP contribution in [0.25, 0.3) is 0 Å². The topological polar surface area (TPSA) is 84.2 Å². The second kappa shape index (κ2) is 6.76. The van der Waals surface area contributed by atoms with Crippen LogP contribution in [0, 0.1) is 13.8 Å². The lowest BCUT2D eigenvalue weighted by Crippen LogP contribution is -2.32. The Morgan fingerprint density at radius 1 is 1.13 bits per heavy atom. The van der Waals surface area contributed by atoms with E-state index in [1.54, 1.807) is 12.1 Å². The Morgan fingerprint density at radius 2 is 1.87 bits per heavy atom. The van der Waals surface area contributed by atoms with Gasteiger partial charge in [0.05, 0.1) is 0 Å². The molecule has 0 unspecified atom stereocenters. The molecule has 0 spiro atoms. The third-order valence-electron chi connectivity index (χ3n) is 3.83. The van der Waals surface area contributed by atoms with Crippen molar-refractivity contribution in [1.82, 2.24) is 20.0 Å². The first-order chi connectivity index (χ1) is 11.1. The van der Waals surface area contributed by atoms with Gasteiger partial charge in [0.15, 0.2) is 5.82 Å². The summed E-state index contributed by atoms with van der Waals surface area (Å²) < 4.78 is 5.01. The van der Waals surface area contributed by atoms with Gasteiger partial charge in [0.25, 0.3) is 5.91 Å². The summed E-state index contributed by atoms with van der Waals surface area (Å²) in [4.78, 5) is 23.2. The second-order valence-electron chi connectivity index (χ2n) is 5.87. The second-order valence-corrected chi connectivity index (χ2v) is 5.87. The molecular weight excluding hydrogens is 294 g/mol. The minimum absolute atomic E-state index is 0.0308. The average molecular weight is 315 g/mol. The molecule has 23 heavy (non-hydrogen) atoms. The number of amides is 1. The van der Waals surface area contributed by atoms with Gasteiger partial charge in [-0.1, -0.05) is 18.0 Å². The number of anilines is 2. The third kappa shape index (κ3) is 3.85. The van der Waals surface area contributed by atoms with Crippen LogP contribution in [0.2, 0.25) is 0 Å². The van der Waals surface area contributed by atoms with E-state index in [0.717, 1.165) is 31.6 Å². The van der Waals surface area contributed by atoms with Gasteiger partial charge >= 0.3 is 0 Å². The third-order valence-corrected chi connectivity index (χ3v) is 3.83. The Bertz CT molecular complexity index is 690. The zero-order valence-electron chi connectivity index (χ0n) is 13.5. The van der Waals surface area contributed by atoms with Crippen molar-refractivity contribution in [2.24, 2.45) is 0 Å². The first-order valence-corrected chi connectivity index (χ1v) is 7.97. The fourth-order valence-electron chi connectivity index (χ4n) is 2.71.